The maximum atomic E-state index is 13.3. The Morgan fingerprint density at radius 3 is 2.21 bits per heavy atom. The molecule has 0 aliphatic carbocycles. The van der Waals surface area contributed by atoms with E-state index >= 15 is 0 Å². The number of carbonyl (C=O) groups is 3. The van der Waals surface area contributed by atoms with Crippen LogP contribution in [-0.2, 0) is 20.8 Å². The van der Waals surface area contributed by atoms with Crippen LogP contribution in [0.25, 0.3) is 0 Å². The number of rotatable bonds is 9. The third kappa shape index (κ3) is 6.83. The second-order valence-corrected chi connectivity index (χ2v) is 6.56. The molecule has 148 valence electrons. The summed E-state index contributed by atoms with van der Waals surface area (Å²) in [5.74, 6) is -1.90. The number of nitrogens with two attached hydrogens (primary N) is 1. The molecule has 0 aromatic heterocycles. The highest BCUT2D eigenvalue weighted by molar-refractivity contribution is 5.88. The van der Waals surface area contributed by atoms with E-state index in [9.17, 15) is 18.8 Å². The van der Waals surface area contributed by atoms with Crippen molar-refractivity contribution in [3.8, 4) is 0 Å². The maximum Gasteiger partial charge on any atom is 0.240 e. The van der Waals surface area contributed by atoms with Crippen LogP contribution in [0.4, 0.5) is 4.39 Å². The largest absolute Gasteiger partial charge is 0.368 e. The molecule has 2 aromatic rings. The quantitative estimate of drug-likeness (QED) is 0.615. The Morgan fingerprint density at radius 1 is 0.964 bits per heavy atom. The molecule has 4 N–H and O–H groups in total. The second kappa shape index (κ2) is 10.2. The van der Waals surface area contributed by atoms with Crippen molar-refractivity contribution >= 4 is 17.7 Å². The molecule has 0 saturated heterocycles. The molecule has 28 heavy (non-hydrogen) atoms. The van der Waals surface area contributed by atoms with Crippen molar-refractivity contribution in [2.45, 2.75) is 38.3 Å². The minimum atomic E-state index is -0.972. The summed E-state index contributed by atoms with van der Waals surface area (Å²) in [5.41, 5.74) is 6.83. The van der Waals surface area contributed by atoms with Gasteiger partial charge >= 0.3 is 0 Å². The summed E-state index contributed by atoms with van der Waals surface area (Å²) in [6, 6.07) is 14.0. The lowest BCUT2D eigenvalue weighted by Gasteiger charge is -2.16. The van der Waals surface area contributed by atoms with Crippen LogP contribution in [0, 0.1) is 5.82 Å². The van der Waals surface area contributed by atoms with E-state index in [4.69, 9.17) is 5.73 Å². The summed E-state index contributed by atoms with van der Waals surface area (Å²) in [6.45, 7) is 1.86. The average molecular weight is 385 g/mol. The maximum absolute atomic E-state index is 13.3. The van der Waals surface area contributed by atoms with E-state index in [2.05, 4.69) is 10.6 Å². The molecule has 0 bridgehead atoms. The van der Waals surface area contributed by atoms with Gasteiger partial charge < -0.3 is 16.4 Å². The fourth-order valence-electron chi connectivity index (χ4n) is 2.75. The minimum Gasteiger partial charge on any atom is -0.368 e. The normalized spacial score (nSPS) is 12.6. The van der Waals surface area contributed by atoms with Crippen molar-refractivity contribution in [3.05, 3.63) is 71.5 Å². The van der Waals surface area contributed by atoms with Gasteiger partial charge in [-0.25, -0.2) is 4.39 Å². The van der Waals surface area contributed by atoms with Crippen molar-refractivity contribution in [1.82, 2.24) is 10.6 Å². The highest BCUT2D eigenvalue weighted by atomic mass is 19.1. The highest BCUT2D eigenvalue weighted by Gasteiger charge is 2.19. The zero-order valence-corrected chi connectivity index (χ0v) is 15.7. The number of hydrogen-bond donors (Lipinski definition) is 3. The van der Waals surface area contributed by atoms with Gasteiger partial charge in [0.15, 0.2) is 0 Å². The van der Waals surface area contributed by atoms with Gasteiger partial charge in [0.1, 0.15) is 11.9 Å². The third-order valence-corrected chi connectivity index (χ3v) is 4.26. The van der Waals surface area contributed by atoms with Crippen LogP contribution in [0.5, 0.6) is 0 Å². The number of nitrogens with one attached hydrogen (secondary N) is 2. The Hall–Kier alpha value is -3.22. The van der Waals surface area contributed by atoms with E-state index in [1.54, 1.807) is 6.07 Å². The van der Waals surface area contributed by atoms with E-state index in [0.717, 1.165) is 5.56 Å². The van der Waals surface area contributed by atoms with Crippen molar-refractivity contribution in [2.24, 2.45) is 5.73 Å². The zero-order chi connectivity index (χ0) is 20.5. The summed E-state index contributed by atoms with van der Waals surface area (Å²) in [6.07, 6.45) is -0.0230. The Balaban J connectivity index is 1.82. The number of benzene rings is 2. The van der Waals surface area contributed by atoms with E-state index in [0.29, 0.717) is 5.56 Å². The highest BCUT2D eigenvalue weighted by Crippen LogP contribution is 2.11. The molecule has 0 fully saturated rings. The van der Waals surface area contributed by atoms with Crippen molar-refractivity contribution in [3.63, 3.8) is 0 Å². The number of hydrogen-bond acceptors (Lipinski definition) is 3. The lowest BCUT2D eigenvalue weighted by Crippen LogP contribution is -2.46. The predicted octanol–water partition coefficient (Wildman–Crippen LogP) is 2.00. The molecule has 0 spiro atoms. The Bertz CT molecular complexity index is 827. The molecule has 2 rings (SSSR count). The lowest BCUT2D eigenvalue weighted by atomic mass is 10.0. The van der Waals surface area contributed by atoms with Gasteiger partial charge in [0.2, 0.25) is 17.7 Å². The summed E-state index contributed by atoms with van der Waals surface area (Å²) < 4.78 is 13.3. The van der Waals surface area contributed by atoms with Crippen LogP contribution >= 0.6 is 0 Å². The molecule has 0 saturated carbocycles. The molecule has 6 nitrogen and oxygen atoms in total. The van der Waals surface area contributed by atoms with Gasteiger partial charge in [0.25, 0.3) is 0 Å². The van der Waals surface area contributed by atoms with Crippen LogP contribution in [-0.4, -0.2) is 23.8 Å². The monoisotopic (exact) mass is 385 g/mol. The van der Waals surface area contributed by atoms with Crippen LogP contribution in [0.1, 0.15) is 36.9 Å². The minimum absolute atomic E-state index is 0.0194. The van der Waals surface area contributed by atoms with Crippen LogP contribution in [0.15, 0.2) is 54.6 Å². The Labute approximate surface area is 163 Å². The first-order chi connectivity index (χ1) is 13.3. The van der Waals surface area contributed by atoms with Crippen molar-refractivity contribution in [2.75, 3.05) is 0 Å². The molecule has 0 aliphatic rings. The van der Waals surface area contributed by atoms with E-state index in [-0.39, 0.29) is 31.2 Å². The number of primary amides is 1. The summed E-state index contributed by atoms with van der Waals surface area (Å²) in [4.78, 5) is 35.8. The van der Waals surface area contributed by atoms with E-state index in [1.807, 2.05) is 37.3 Å². The van der Waals surface area contributed by atoms with Gasteiger partial charge in [-0.3, -0.25) is 14.4 Å². The first kappa shape index (κ1) is 21.1. The molecular weight excluding hydrogens is 361 g/mol. The van der Waals surface area contributed by atoms with E-state index in [1.165, 1.54) is 18.2 Å². The Morgan fingerprint density at radius 2 is 1.61 bits per heavy atom. The molecular formula is C21H24FN3O3. The third-order valence-electron chi connectivity index (χ3n) is 4.26. The fraction of sp³-hybridized carbons (Fsp3) is 0.286. The number of amides is 3. The number of carbonyl (C=O) groups excluding carboxylic acids is 3. The average Bonchev–Trinajstić information content (AvgIpc) is 2.66. The van der Waals surface area contributed by atoms with Gasteiger partial charge in [0.05, 0.1) is 6.04 Å². The van der Waals surface area contributed by atoms with Crippen LogP contribution in [0.2, 0.25) is 0 Å². The van der Waals surface area contributed by atoms with Crippen molar-refractivity contribution < 1.29 is 18.8 Å². The molecule has 0 unspecified atom stereocenters. The first-order valence-electron chi connectivity index (χ1n) is 9.02. The van der Waals surface area contributed by atoms with Crippen LogP contribution in [0.3, 0.4) is 0 Å². The lowest BCUT2D eigenvalue weighted by molar-refractivity contribution is -0.129. The van der Waals surface area contributed by atoms with Gasteiger partial charge in [-0.2, -0.15) is 0 Å². The number of halogens is 1. The summed E-state index contributed by atoms with van der Waals surface area (Å²) in [5, 5.41) is 5.33. The van der Waals surface area contributed by atoms with Gasteiger partial charge in [-0.05, 0) is 30.2 Å². The van der Waals surface area contributed by atoms with Gasteiger partial charge in [-0.15, -0.1) is 0 Å². The SMILES string of the molecule is C[C@@H](NC(=O)CCC(=O)N[C@@H](Cc1cccc(F)c1)C(N)=O)c1ccccc1. The molecule has 0 radical (unpaired) electrons. The molecule has 3 amide bonds. The first-order valence-corrected chi connectivity index (χ1v) is 9.02. The topological polar surface area (TPSA) is 101 Å². The second-order valence-electron chi connectivity index (χ2n) is 6.56. The molecule has 2 aromatic carbocycles. The zero-order valence-electron chi connectivity index (χ0n) is 15.7. The Kier molecular flexibility index (Phi) is 7.68. The molecule has 2 atom stereocenters. The van der Waals surface area contributed by atoms with Crippen LogP contribution < -0.4 is 16.4 Å². The van der Waals surface area contributed by atoms with Crippen molar-refractivity contribution in [1.29, 1.82) is 0 Å². The summed E-state index contributed by atoms with van der Waals surface area (Å²) in [7, 11) is 0. The molecule has 0 heterocycles. The summed E-state index contributed by atoms with van der Waals surface area (Å²) >= 11 is 0. The van der Waals surface area contributed by atoms with E-state index < -0.39 is 23.7 Å². The molecule has 0 aliphatic heterocycles. The standard InChI is InChI=1S/C21H24FN3O3/c1-14(16-7-3-2-4-8-16)24-19(26)10-11-20(27)25-18(21(23)28)13-15-6-5-9-17(22)12-15/h2-9,12,14,18H,10-11,13H2,1H3,(H2,23,28)(H,24,26)(H,25,27)/t14-,18+/m1/s1. The van der Waals surface area contributed by atoms with Gasteiger partial charge in [-0.1, -0.05) is 42.5 Å². The van der Waals surface area contributed by atoms with Gasteiger partial charge in [0, 0.05) is 19.3 Å². The smallest absolute Gasteiger partial charge is 0.240 e. The molecule has 7 heteroatoms. The predicted molar refractivity (Wildman–Crippen MR) is 103 cm³/mol. The fourth-order valence-corrected chi connectivity index (χ4v) is 2.75.